The third kappa shape index (κ3) is 4.71. The summed E-state index contributed by atoms with van der Waals surface area (Å²) in [4.78, 5) is 21.5. The zero-order chi connectivity index (χ0) is 20.9. The predicted octanol–water partition coefficient (Wildman–Crippen LogP) is 4.89. The fourth-order valence-corrected chi connectivity index (χ4v) is 3.40. The average Bonchev–Trinajstić information content (AvgIpc) is 3.09. The van der Waals surface area contributed by atoms with Crippen LogP contribution in [0, 0.1) is 12.7 Å². The van der Waals surface area contributed by atoms with E-state index in [0.29, 0.717) is 31.5 Å². The predicted molar refractivity (Wildman–Crippen MR) is 116 cm³/mol. The third-order valence-electron chi connectivity index (χ3n) is 4.98. The van der Waals surface area contributed by atoms with Crippen molar-refractivity contribution < 1.29 is 9.18 Å². The number of pyridine rings is 1. The van der Waals surface area contributed by atoms with Gasteiger partial charge in [-0.15, -0.1) is 0 Å². The second-order valence-corrected chi connectivity index (χ2v) is 7.35. The lowest BCUT2D eigenvalue weighted by molar-refractivity contribution is -0.116. The van der Waals surface area contributed by atoms with Crippen molar-refractivity contribution in [2.45, 2.75) is 32.7 Å². The largest absolute Gasteiger partial charge is 0.326 e. The van der Waals surface area contributed by atoms with Crippen LogP contribution in [0.25, 0.3) is 11.2 Å². The Hall–Kier alpha value is -3.54. The summed E-state index contributed by atoms with van der Waals surface area (Å²) < 4.78 is 15.1. The molecule has 0 saturated carbocycles. The first kappa shape index (κ1) is 19.8. The number of imidazole rings is 1. The van der Waals surface area contributed by atoms with Crippen LogP contribution in [-0.2, 0) is 17.8 Å². The minimum absolute atomic E-state index is 0.0964. The number of hydrogen-bond acceptors (Lipinski definition) is 3. The first-order chi connectivity index (χ1) is 14.6. The second-order valence-electron chi connectivity index (χ2n) is 7.35. The number of nitrogens with one attached hydrogen (secondary N) is 1. The van der Waals surface area contributed by atoms with Gasteiger partial charge in [0, 0.05) is 24.7 Å². The summed E-state index contributed by atoms with van der Waals surface area (Å²) in [6, 6.07) is 18.0. The Morgan fingerprint density at radius 3 is 2.60 bits per heavy atom. The number of carbonyl (C=O) groups is 1. The van der Waals surface area contributed by atoms with E-state index in [1.807, 2.05) is 12.1 Å². The minimum atomic E-state index is -0.325. The molecular formula is C24H23FN4O. The van der Waals surface area contributed by atoms with E-state index in [-0.39, 0.29) is 11.7 Å². The summed E-state index contributed by atoms with van der Waals surface area (Å²) in [5, 5.41) is 2.80. The maximum Gasteiger partial charge on any atom is 0.224 e. The first-order valence-electron chi connectivity index (χ1n) is 9.99. The molecule has 0 aliphatic rings. The average molecular weight is 402 g/mol. The van der Waals surface area contributed by atoms with Crippen LogP contribution in [0.5, 0.6) is 0 Å². The number of nitrogens with zero attached hydrogens (tertiary/aromatic N) is 3. The van der Waals surface area contributed by atoms with Crippen LogP contribution >= 0.6 is 0 Å². The van der Waals surface area contributed by atoms with Crippen LogP contribution in [0.15, 0.2) is 66.9 Å². The van der Waals surface area contributed by atoms with Gasteiger partial charge in [-0.2, -0.15) is 0 Å². The highest BCUT2D eigenvalue weighted by atomic mass is 19.1. The molecule has 0 aliphatic carbocycles. The van der Waals surface area contributed by atoms with Crippen molar-refractivity contribution in [3.05, 3.63) is 89.6 Å². The van der Waals surface area contributed by atoms with Crippen molar-refractivity contribution in [2.75, 3.05) is 5.32 Å². The van der Waals surface area contributed by atoms with Crippen molar-refractivity contribution in [1.82, 2.24) is 14.5 Å². The van der Waals surface area contributed by atoms with Crippen LogP contribution in [0.3, 0.4) is 0 Å². The Morgan fingerprint density at radius 2 is 1.83 bits per heavy atom. The molecule has 1 N–H and O–H groups in total. The molecule has 0 unspecified atom stereocenters. The van der Waals surface area contributed by atoms with Gasteiger partial charge in [-0.1, -0.05) is 29.8 Å². The summed E-state index contributed by atoms with van der Waals surface area (Å²) in [6.07, 6.45) is 3.46. The van der Waals surface area contributed by atoms with E-state index in [1.165, 1.54) is 23.3 Å². The zero-order valence-corrected chi connectivity index (χ0v) is 16.8. The minimum Gasteiger partial charge on any atom is -0.326 e. The fourth-order valence-electron chi connectivity index (χ4n) is 3.40. The van der Waals surface area contributed by atoms with Crippen molar-refractivity contribution in [2.24, 2.45) is 0 Å². The van der Waals surface area contributed by atoms with Gasteiger partial charge in [0.1, 0.15) is 17.2 Å². The van der Waals surface area contributed by atoms with Gasteiger partial charge in [-0.3, -0.25) is 4.79 Å². The van der Waals surface area contributed by atoms with Gasteiger partial charge in [0.2, 0.25) is 5.91 Å². The second kappa shape index (κ2) is 8.86. The summed E-state index contributed by atoms with van der Waals surface area (Å²) in [7, 11) is 0. The molecule has 0 fully saturated rings. The highest BCUT2D eigenvalue weighted by molar-refractivity contribution is 5.90. The molecule has 2 aromatic heterocycles. The zero-order valence-electron chi connectivity index (χ0n) is 16.8. The van der Waals surface area contributed by atoms with Crippen molar-refractivity contribution in [3.63, 3.8) is 0 Å². The van der Waals surface area contributed by atoms with Crippen LogP contribution in [0.4, 0.5) is 10.1 Å². The number of halogens is 1. The molecule has 1 amide bonds. The van der Waals surface area contributed by atoms with E-state index >= 15 is 0 Å². The molecule has 0 saturated heterocycles. The molecule has 5 nitrogen and oxygen atoms in total. The quantitative estimate of drug-likeness (QED) is 0.479. The summed E-state index contributed by atoms with van der Waals surface area (Å²) >= 11 is 0. The van der Waals surface area contributed by atoms with Gasteiger partial charge in [-0.25, -0.2) is 14.4 Å². The lowest BCUT2D eigenvalue weighted by Crippen LogP contribution is -2.12. The van der Waals surface area contributed by atoms with Gasteiger partial charge in [0.25, 0.3) is 0 Å². The molecule has 4 aromatic rings. The molecule has 2 aromatic carbocycles. The summed E-state index contributed by atoms with van der Waals surface area (Å²) in [6.45, 7) is 2.76. The molecule has 0 radical (unpaired) electrons. The van der Waals surface area contributed by atoms with Crippen LogP contribution in [0.2, 0.25) is 0 Å². The number of fused-ring (bicyclic) bond motifs is 1. The van der Waals surface area contributed by atoms with Gasteiger partial charge in [0.15, 0.2) is 5.65 Å². The highest BCUT2D eigenvalue weighted by Crippen LogP contribution is 2.18. The monoisotopic (exact) mass is 402 g/mol. The van der Waals surface area contributed by atoms with Gasteiger partial charge >= 0.3 is 0 Å². The molecule has 0 bridgehead atoms. The number of benzene rings is 2. The van der Waals surface area contributed by atoms with Crippen LogP contribution in [-0.4, -0.2) is 20.4 Å². The normalized spacial score (nSPS) is 11.0. The maximum absolute atomic E-state index is 13.0. The van der Waals surface area contributed by atoms with Crippen LogP contribution < -0.4 is 5.32 Å². The van der Waals surface area contributed by atoms with E-state index < -0.39 is 0 Å². The molecular weight excluding hydrogens is 379 g/mol. The number of hydrogen-bond donors (Lipinski definition) is 1. The number of rotatable bonds is 7. The van der Waals surface area contributed by atoms with Crippen molar-refractivity contribution in [3.8, 4) is 0 Å². The Balaban J connectivity index is 1.44. The fraction of sp³-hybridized carbons (Fsp3) is 0.208. The summed E-state index contributed by atoms with van der Waals surface area (Å²) in [5.74, 6) is 0.494. The van der Waals surface area contributed by atoms with E-state index in [1.54, 1.807) is 18.3 Å². The highest BCUT2D eigenvalue weighted by Gasteiger charge is 2.13. The van der Waals surface area contributed by atoms with Crippen molar-refractivity contribution >= 4 is 22.8 Å². The molecule has 0 spiro atoms. The Bertz CT molecular complexity index is 1150. The Labute approximate surface area is 174 Å². The first-order valence-corrected chi connectivity index (χ1v) is 9.99. The summed E-state index contributed by atoms with van der Waals surface area (Å²) in [5.41, 5.74) is 4.71. The van der Waals surface area contributed by atoms with Crippen LogP contribution in [0.1, 0.15) is 29.8 Å². The van der Waals surface area contributed by atoms with Gasteiger partial charge in [-0.05, 0) is 55.3 Å². The number of aryl methyl sites for hydroxylation is 2. The maximum atomic E-state index is 13.0. The van der Waals surface area contributed by atoms with Gasteiger partial charge < -0.3 is 9.88 Å². The molecule has 2 heterocycles. The number of amides is 1. The standard InChI is InChI=1S/C24H23FN4O/c1-17-7-9-18(10-8-17)16-29-22(28-21-4-3-15-26-24(21)29)5-2-6-23(30)27-20-13-11-19(25)12-14-20/h3-4,7-15H,2,5-6,16H2,1H3,(H,27,30). The molecule has 30 heavy (non-hydrogen) atoms. The number of aromatic nitrogens is 3. The molecule has 0 atom stereocenters. The third-order valence-corrected chi connectivity index (χ3v) is 4.98. The van der Waals surface area contributed by atoms with E-state index in [9.17, 15) is 9.18 Å². The molecule has 6 heteroatoms. The number of anilines is 1. The van der Waals surface area contributed by atoms with E-state index in [2.05, 4.69) is 46.1 Å². The Kier molecular flexibility index (Phi) is 5.84. The smallest absolute Gasteiger partial charge is 0.224 e. The molecule has 0 aliphatic heterocycles. The topological polar surface area (TPSA) is 59.8 Å². The lowest BCUT2D eigenvalue weighted by atomic mass is 10.1. The lowest BCUT2D eigenvalue weighted by Gasteiger charge is -2.10. The van der Waals surface area contributed by atoms with Crippen molar-refractivity contribution in [1.29, 1.82) is 0 Å². The van der Waals surface area contributed by atoms with E-state index in [0.717, 1.165) is 17.0 Å². The van der Waals surface area contributed by atoms with Gasteiger partial charge in [0.05, 0.1) is 6.54 Å². The molecule has 4 rings (SSSR count). The molecule has 152 valence electrons. The number of carbonyl (C=O) groups excluding carboxylic acids is 1. The van der Waals surface area contributed by atoms with E-state index in [4.69, 9.17) is 4.98 Å². The Morgan fingerprint density at radius 1 is 1.07 bits per heavy atom. The SMILES string of the molecule is Cc1ccc(Cn2c(CCCC(=O)Nc3ccc(F)cc3)nc3cccnc32)cc1.